The smallest absolute Gasteiger partial charge is 0.344 e. The lowest BCUT2D eigenvalue weighted by molar-refractivity contribution is -0.145. The molecule has 1 saturated heterocycles. The van der Waals surface area contributed by atoms with Gasteiger partial charge in [0.15, 0.2) is 6.61 Å². The highest BCUT2D eigenvalue weighted by Crippen LogP contribution is 2.26. The number of rotatable bonds is 7. The number of benzene rings is 1. The standard InChI is InChI=1S/C18H24N2O5/c1-2-24-17(21)13-25-15-3-4-16-14(11-15)12-20(18(16)22)6-5-19-7-9-23-10-8-19/h3-4,11H,2,5-10,12-13H2,1H3. The van der Waals surface area contributed by atoms with E-state index in [-0.39, 0.29) is 12.5 Å². The number of carbonyl (C=O) groups is 2. The fourth-order valence-corrected chi connectivity index (χ4v) is 3.06. The van der Waals surface area contributed by atoms with Gasteiger partial charge in [0.25, 0.3) is 5.91 Å². The maximum Gasteiger partial charge on any atom is 0.344 e. The van der Waals surface area contributed by atoms with Crippen molar-refractivity contribution in [1.82, 2.24) is 9.80 Å². The minimum atomic E-state index is -0.397. The second-order valence-corrected chi connectivity index (χ2v) is 6.09. The number of hydrogen-bond acceptors (Lipinski definition) is 6. The molecule has 0 aromatic heterocycles. The SMILES string of the molecule is CCOC(=O)COc1ccc2c(c1)CN(CCN1CCOCC1)C2=O. The molecule has 1 fully saturated rings. The van der Waals surface area contributed by atoms with Crippen molar-refractivity contribution >= 4 is 11.9 Å². The van der Waals surface area contributed by atoms with E-state index in [9.17, 15) is 9.59 Å². The molecule has 2 heterocycles. The predicted molar refractivity (Wildman–Crippen MR) is 90.6 cm³/mol. The second-order valence-electron chi connectivity index (χ2n) is 6.09. The summed E-state index contributed by atoms with van der Waals surface area (Å²) in [5, 5.41) is 0. The molecule has 0 atom stereocenters. The van der Waals surface area contributed by atoms with E-state index in [0.29, 0.717) is 31.0 Å². The van der Waals surface area contributed by atoms with Gasteiger partial charge in [0.1, 0.15) is 5.75 Å². The molecule has 0 unspecified atom stereocenters. The molecule has 136 valence electrons. The Hall–Kier alpha value is -2.12. The van der Waals surface area contributed by atoms with Crippen LogP contribution in [0.15, 0.2) is 18.2 Å². The minimum absolute atomic E-state index is 0.0557. The second kappa shape index (κ2) is 8.31. The van der Waals surface area contributed by atoms with Gasteiger partial charge in [0.2, 0.25) is 0 Å². The van der Waals surface area contributed by atoms with Gasteiger partial charge in [-0.3, -0.25) is 9.69 Å². The monoisotopic (exact) mass is 348 g/mol. The molecule has 3 rings (SSSR count). The first-order valence-corrected chi connectivity index (χ1v) is 8.68. The highest BCUT2D eigenvalue weighted by atomic mass is 16.6. The van der Waals surface area contributed by atoms with Crippen LogP contribution in [0.1, 0.15) is 22.8 Å². The first-order valence-electron chi connectivity index (χ1n) is 8.68. The number of nitrogens with zero attached hydrogens (tertiary/aromatic N) is 2. The summed E-state index contributed by atoms with van der Waals surface area (Å²) in [6, 6.07) is 5.33. The molecule has 25 heavy (non-hydrogen) atoms. The van der Waals surface area contributed by atoms with Crippen LogP contribution in [0.3, 0.4) is 0 Å². The van der Waals surface area contributed by atoms with Gasteiger partial charge in [-0.1, -0.05) is 0 Å². The normalized spacial score (nSPS) is 17.5. The third-order valence-corrected chi connectivity index (χ3v) is 4.41. The summed E-state index contributed by atoms with van der Waals surface area (Å²) in [7, 11) is 0. The largest absolute Gasteiger partial charge is 0.482 e. The summed E-state index contributed by atoms with van der Waals surface area (Å²) in [5.41, 5.74) is 1.65. The van der Waals surface area contributed by atoms with E-state index >= 15 is 0 Å². The van der Waals surface area contributed by atoms with Crippen molar-refractivity contribution in [2.75, 3.05) is 52.6 Å². The Morgan fingerprint density at radius 3 is 2.80 bits per heavy atom. The molecule has 0 saturated carbocycles. The zero-order chi connectivity index (χ0) is 17.6. The van der Waals surface area contributed by atoms with Gasteiger partial charge in [-0.15, -0.1) is 0 Å². The van der Waals surface area contributed by atoms with Crippen LogP contribution in [0.25, 0.3) is 0 Å². The molecule has 0 aliphatic carbocycles. The molecular formula is C18H24N2O5. The number of fused-ring (bicyclic) bond motifs is 1. The molecule has 7 heteroatoms. The summed E-state index contributed by atoms with van der Waals surface area (Å²) in [6.07, 6.45) is 0. The van der Waals surface area contributed by atoms with Gasteiger partial charge < -0.3 is 19.1 Å². The van der Waals surface area contributed by atoms with Crippen LogP contribution < -0.4 is 4.74 Å². The summed E-state index contributed by atoms with van der Waals surface area (Å²) >= 11 is 0. The zero-order valence-electron chi connectivity index (χ0n) is 14.5. The fraction of sp³-hybridized carbons (Fsp3) is 0.556. The predicted octanol–water partition coefficient (Wildman–Crippen LogP) is 0.917. The lowest BCUT2D eigenvalue weighted by Gasteiger charge is -2.28. The van der Waals surface area contributed by atoms with Crippen molar-refractivity contribution in [1.29, 1.82) is 0 Å². The summed E-state index contributed by atoms with van der Waals surface area (Å²) in [4.78, 5) is 28.0. The number of carbonyl (C=O) groups excluding carboxylic acids is 2. The fourth-order valence-electron chi connectivity index (χ4n) is 3.06. The third-order valence-electron chi connectivity index (χ3n) is 4.41. The number of esters is 1. The maximum absolute atomic E-state index is 12.5. The third kappa shape index (κ3) is 4.49. The van der Waals surface area contributed by atoms with Gasteiger partial charge >= 0.3 is 5.97 Å². The van der Waals surface area contributed by atoms with Crippen molar-refractivity contribution in [3.05, 3.63) is 29.3 Å². The summed E-state index contributed by atoms with van der Waals surface area (Å²) < 4.78 is 15.6. The van der Waals surface area contributed by atoms with Gasteiger partial charge in [0, 0.05) is 38.3 Å². The van der Waals surface area contributed by atoms with Gasteiger partial charge in [-0.2, -0.15) is 0 Å². The van der Waals surface area contributed by atoms with E-state index in [1.54, 1.807) is 19.1 Å². The Labute approximate surface area is 147 Å². The average Bonchev–Trinajstić information content (AvgIpc) is 2.95. The molecule has 0 N–H and O–H groups in total. The Morgan fingerprint density at radius 2 is 2.04 bits per heavy atom. The quantitative estimate of drug-likeness (QED) is 0.683. The lowest BCUT2D eigenvalue weighted by atomic mass is 10.1. The minimum Gasteiger partial charge on any atom is -0.482 e. The summed E-state index contributed by atoms with van der Waals surface area (Å²) in [5.74, 6) is 0.237. The van der Waals surface area contributed by atoms with Crippen LogP contribution in [-0.2, 0) is 20.8 Å². The van der Waals surface area contributed by atoms with E-state index in [2.05, 4.69) is 4.90 Å². The number of amides is 1. The Bertz CT molecular complexity index is 628. The first-order chi connectivity index (χ1) is 12.2. The van der Waals surface area contributed by atoms with E-state index < -0.39 is 5.97 Å². The van der Waals surface area contributed by atoms with Crippen LogP contribution >= 0.6 is 0 Å². The molecule has 2 aliphatic rings. The first kappa shape index (κ1) is 17.7. The molecule has 1 amide bonds. The number of morpholine rings is 1. The lowest BCUT2D eigenvalue weighted by Crippen LogP contribution is -2.41. The van der Waals surface area contributed by atoms with Crippen LogP contribution in [0.4, 0.5) is 0 Å². The van der Waals surface area contributed by atoms with E-state index in [4.69, 9.17) is 14.2 Å². The van der Waals surface area contributed by atoms with Crippen molar-refractivity contribution < 1.29 is 23.8 Å². The topological polar surface area (TPSA) is 68.3 Å². The van der Waals surface area contributed by atoms with Crippen molar-refractivity contribution in [3.63, 3.8) is 0 Å². The van der Waals surface area contributed by atoms with Crippen molar-refractivity contribution in [3.8, 4) is 5.75 Å². The maximum atomic E-state index is 12.5. The average molecular weight is 348 g/mol. The van der Waals surface area contributed by atoms with Gasteiger partial charge in [-0.05, 0) is 30.7 Å². The highest BCUT2D eigenvalue weighted by molar-refractivity contribution is 5.98. The molecule has 1 aromatic carbocycles. The van der Waals surface area contributed by atoms with Crippen molar-refractivity contribution in [2.24, 2.45) is 0 Å². The van der Waals surface area contributed by atoms with Crippen LogP contribution in [-0.4, -0.2) is 74.3 Å². The zero-order valence-corrected chi connectivity index (χ0v) is 14.5. The number of ether oxygens (including phenoxy) is 3. The summed E-state index contributed by atoms with van der Waals surface area (Å²) in [6.45, 7) is 7.45. The Kier molecular flexibility index (Phi) is 5.88. The van der Waals surface area contributed by atoms with E-state index in [1.165, 1.54) is 0 Å². The van der Waals surface area contributed by atoms with Crippen LogP contribution in [0.5, 0.6) is 5.75 Å². The molecule has 2 aliphatic heterocycles. The van der Waals surface area contributed by atoms with E-state index in [0.717, 1.165) is 38.4 Å². The molecule has 7 nitrogen and oxygen atoms in total. The molecule has 0 bridgehead atoms. The van der Waals surface area contributed by atoms with Gasteiger partial charge in [-0.25, -0.2) is 4.79 Å². The molecule has 0 spiro atoms. The Balaban J connectivity index is 1.54. The molecular weight excluding hydrogens is 324 g/mol. The number of hydrogen-bond donors (Lipinski definition) is 0. The molecule has 1 aromatic rings. The van der Waals surface area contributed by atoms with Gasteiger partial charge in [0.05, 0.1) is 19.8 Å². The van der Waals surface area contributed by atoms with Crippen LogP contribution in [0.2, 0.25) is 0 Å². The highest BCUT2D eigenvalue weighted by Gasteiger charge is 2.28. The van der Waals surface area contributed by atoms with E-state index in [1.807, 2.05) is 11.0 Å². The Morgan fingerprint density at radius 1 is 1.24 bits per heavy atom. The van der Waals surface area contributed by atoms with Crippen LogP contribution in [0, 0.1) is 0 Å². The van der Waals surface area contributed by atoms with Crippen molar-refractivity contribution in [2.45, 2.75) is 13.5 Å². The molecule has 0 radical (unpaired) electrons.